The monoisotopic (exact) mass is 329 g/mol. The summed E-state index contributed by atoms with van der Waals surface area (Å²) in [5.41, 5.74) is 3.19. The highest BCUT2D eigenvalue weighted by Crippen LogP contribution is 2.26. The Kier molecular flexibility index (Phi) is 4.82. The topological polar surface area (TPSA) is 54.0 Å². The number of nitrogens with zero attached hydrogens (tertiary/aromatic N) is 1. The molecule has 0 bridgehead atoms. The van der Waals surface area contributed by atoms with Crippen LogP contribution in [0.5, 0.6) is 0 Å². The molecule has 0 unspecified atom stereocenters. The molecule has 1 fully saturated rings. The van der Waals surface area contributed by atoms with Crippen molar-refractivity contribution < 1.29 is 4.79 Å². The second kappa shape index (κ2) is 7.01. The van der Waals surface area contributed by atoms with Crippen LogP contribution in [0.1, 0.15) is 41.7 Å². The summed E-state index contributed by atoms with van der Waals surface area (Å²) in [4.78, 5) is 16.4. The number of nitrogens with one attached hydrogen (secondary N) is 2. The number of hydrogen-bond donors (Lipinski definition) is 2. The van der Waals surface area contributed by atoms with Crippen LogP contribution in [0, 0.1) is 6.92 Å². The Hall–Kier alpha value is -2.07. The molecule has 2 N–H and O–H groups in total. The molecular weight excluding hydrogens is 310 g/mol. The number of carbonyl (C=O) groups is 1. The number of carbonyl (C=O) groups excluding carboxylic acids is 1. The molecule has 1 aliphatic rings. The van der Waals surface area contributed by atoms with Gasteiger partial charge in [0.25, 0.3) is 5.91 Å². The van der Waals surface area contributed by atoms with E-state index in [0.29, 0.717) is 11.7 Å². The third-order valence-corrected chi connectivity index (χ3v) is 4.64. The standard InChI is InChI=1S/C18H20ClN3O/c1-12-15(19)7-4-8-16(12)21-14-9-10-17(20-11-14)18(23)22-13-5-2-3-6-13/h4,7-11,13,21H,2-3,5-6H2,1H3,(H,22,23). The zero-order chi connectivity index (χ0) is 16.2. The van der Waals surface area contributed by atoms with Crippen molar-refractivity contribution >= 4 is 28.9 Å². The summed E-state index contributed by atoms with van der Waals surface area (Å²) in [6, 6.07) is 9.62. The van der Waals surface area contributed by atoms with Crippen molar-refractivity contribution in [1.29, 1.82) is 0 Å². The lowest BCUT2D eigenvalue weighted by Crippen LogP contribution is -2.33. The van der Waals surface area contributed by atoms with Gasteiger partial charge in [0.05, 0.1) is 11.9 Å². The number of benzene rings is 1. The first kappa shape index (κ1) is 15.8. The molecule has 120 valence electrons. The first-order valence-electron chi connectivity index (χ1n) is 7.92. The van der Waals surface area contributed by atoms with E-state index in [9.17, 15) is 4.79 Å². The van der Waals surface area contributed by atoms with Gasteiger partial charge < -0.3 is 10.6 Å². The summed E-state index contributed by atoms with van der Waals surface area (Å²) in [6.07, 6.45) is 6.20. The minimum atomic E-state index is -0.0950. The molecule has 0 spiro atoms. The van der Waals surface area contributed by atoms with Crippen molar-refractivity contribution in [3.63, 3.8) is 0 Å². The van der Waals surface area contributed by atoms with E-state index in [1.54, 1.807) is 12.3 Å². The molecule has 1 aliphatic carbocycles. The van der Waals surface area contributed by atoms with Crippen LogP contribution >= 0.6 is 11.6 Å². The average molecular weight is 330 g/mol. The van der Waals surface area contributed by atoms with E-state index in [1.165, 1.54) is 12.8 Å². The number of amides is 1. The zero-order valence-corrected chi connectivity index (χ0v) is 13.9. The molecule has 0 atom stereocenters. The molecule has 4 nitrogen and oxygen atoms in total. The molecule has 23 heavy (non-hydrogen) atoms. The Labute approximate surface area is 141 Å². The van der Waals surface area contributed by atoms with Gasteiger partial charge in [-0.3, -0.25) is 4.79 Å². The van der Waals surface area contributed by atoms with Crippen LogP contribution in [-0.2, 0) is 0 Å². The van der Waals surface area contributed by atoms with Crippen molar-refractivity contribution in [1.82, 2.24) is 10.3 Å². The van der Waals surface area contributed by atoms with E-state index in [0.717, 1.165) is 34.8 Å². The lowest BCUT2D eigenvalue weighted by molar-refractivity contribution is 0.0933. The first-order chi connectivity index (χ1) is 11.1. The van der Waals surface area contributed by atoms with Gasteiger partial charge in [-0.2, -0.15) is 0 Å². The van der Waals surface area contributed by atoms with Crippen LogP contribution in [0.2, 0.25) is 5.02 Å². The van der Waals surface area contributed by atoms with Crippen LogP contribution in [0.15, 0.2) is 36.5 Å². The van der Waals surface area contributed by atoms with Crippen LogP contribution in [0.25, 0.3) is 0 Å². The molecular formula is C18H20ClN3O. The maximum absolute atomic E-state index is 12.2. The van der Waals surface area contributed by atoms with Crippen molar-refractivity contribution in [3.8, 4) is 0 Å². The molecule has 5 heteroatoms. The summed E-state index contributed by atoms with van der Waals surface area (Å²) in [5.74, 6) is -0.0950. The minimum absolute atomic E-state index is 0.0950. The second-order valence-corrected chi connectivity index (χ2v) is 6.33. The summed E-state index contributed by atoms with van der Waals surface area (Å²) >= 11 is 6.12. The Morgan fingerprint density at radius 3 is 2.70 bits per heavy atom. The molecule has 1 saturated carbocycles. The number of rotatable bonds is 4. The lowest BCUT2D eigenvalue weighted by atomic mass is 10.2. The molecule has 1 aromatic carbocycles. The lowest BCUT2D eigenvalue weighted by Gasteiger charge is -2.12. The van der Waals surface area contributed by atoms with E-state index < -0.39 is 0 Å². The first-order valence-corrected chi connectivity index (χ1v) is 8.30. The van der Waals surface area contributed by atoms with Crippen molar-refractivity contribution in [2.24, 2.45) is 0 Å². The smallest absolute Gasteiger partial charge is 0.270 e. The molecule has 1 amide bonds. The molecule has 0 saturated heterocycles. The van der Waals surface area contributed by atoms with E-state index in [-0.39, 0.29) is 5.91 Å². The highest BCUT2D eigenvalue weighted by atomic mass is 35.5. The van der Waals surface area contributed by atoms with Gasteiger partial charge in [0.2, 0.25) is 0 Å². The molecule has 2 aromatic rings. The fourth-order valence-corrected chi connectivity index (χ4v) is 3.00. The van der Waals surface area contributed by atoms with E-state index in [2.05, 4.69) is 15.6 Å². The number of pyridine rings is 1. The second-order valence-electron chi connectivity index (χ2n) is 5.92. The van der Waals surface area contributed by atoms with E-state index in [1.807, 2.05) is 31.2 Å². The zero-order valence-electron chi connectivity index (χ0n) is 13.1. The molecule has 3 rings (SSSR count). The normalized spacial score (nSPS) is 14.7. The van der Waals surface area contributed by atoms with Crippen LogP contribution in [-0.4, -0.2) is 16.9 Å². The Bertz CT molecular complexity index is 694. The summed E-state index contributed by atoms with van der Waals surface area (Å²) in [7, 11) is 0. The fourth-order valence-electron chi connectivity index (χ4n) is 2.83. The number of hydrogen-bond acceptors (Lipinski definition) is 3. The van der Waals surface area contributed by atoms with Crippen molar-refractivity contribution in [3.05, 3.63) is 52.8 Å². The van der Waals surface area contributed by atoms with Gasteiger partial charge in [-0.1, -0.05) is 30.5 Å². The largest absolute Gasteiger partial charge is 0.354 e. The predicted octanol–water partition coefficient (Wildman–Crippen LogP) is 4.46. The summed E-state index contributed by atoms with van der Waals surface area (Å²) in [6.45, 7) is 1.96. The predicted molar refractivity (Wildman–Crippen MR) is 93.4 cm³/mol. The third-order valence-electron chi connectivity index (χ3n) is 4.23. The Balaban J connectivity index is 1.66. The summed E-state index contributed by atoms with van der Waals surface area (Å²) in [5, 5.41) is 7.03. The Morgan fingerprint density at radius 2 is 2.00 bits per heavy atom. The highest BCUT2D eigenvalue weighted by molar-refractivity contribution is 6.31. The maximum Gasteiger partial charge on any atom is 0.270 e. The molecule has 0 aliphatic heterocycles. The van der Waals surface area contributed by atoms with Gasteiger partial charge in [0, 0.05) is 16.8 Å². The number of anilines is 2. The van der Waals surface area contributed by atoms with Crippen molar-refractivity contribution in [2.45, 2.75) is 38.6 Å². The van der Waals surface area contributed by atoms with Gasteiger partial charge in [-0.15, -0.1) is 0 Å². The van der Waals surface area contributed by atoms with Gasteiger partial charge >= 0.3 is 0 Å². The molecule has 0 radical (unpaired) electrons. The van der Waals surface area contributed by atoms with Crippen molar-refractivity contribution in [2.75, 3.05) is 5.32 Å². The number of aromatic nitrogens is 1. The molecule has 1 heterocycles. The van der Waals surface area contributed by atoms with Gasteiger partial charge in [-0.05, 0) is 49.6 Å². The molecule has 1 aromatic heterocycles. The van der Waals surface area contributed by atoms with Crippen LogP contribution < -0.4 is 10.6 Å². The number of halogens is 1. The fraction of sp³-hybridized carbons (Fsp3) is 0.333. The Morgan fingerprint density at radius 1 is 1.22 bits per heavy atom. The van der Waals surface area contributed by atoms with Gasteiger partial charge in [-0.25, -0.2) is 4.98 Å². The van der Waals surface area contributed by atoms with Gasteiger partial charge in [0.15, 0.2) is 0 Å². The minimum Gasteiger partial charge on any atom is -0.354 e. The van der Waals surface area contributed by atoms with E-state index >= 15 is 0 Å². The van der Waals surface area contributed by atoms with Gasteiger partial charge in [0.1, 0.15) is 5.69 Å². The van der Waals surface area contributed by atoms with Crippen LogP contribution in [0.4, 0.5) is 11.4 Å². The maximum atomic E-state index is 12.2. The quantitative estimate of drug-likeness (QED) is 0.870. The van der Waals surface area contributed by atoms with Crippen LogP contribution in [0.3, 0.4) is 0 Å². The summed E-state index contributed by atoms with van der Waals surface area (Å²) < 4.78 is 0. The third kappa shape index (κ3) is 3.82. The SMILES string of the molecule is Cc1c(Cl)cccc1Nc1ccc(C(=O)NC2CCCC2)nc1. The average Bonchev–Trinajstić information content (AvgIpc) is 3.05. The highest BCUT2D eigenvalue weighted by Gasteiger charge is 2.18. The van der Waals surface area contributed by atoms with E-state index in [4.69, 9.17) is 11.6 Å².